The molecule has 1 aliphatic heterocycles. The van der Waals surface area contributed by atoms with Gasteiger partial charge in [-0.2, -0.15) is 4.98 Å². The minimum Gasteiger partial charge on any atom is -0.393 e. The number of aromatic nitrogens is 2. The fraction of sp³-hybridized carbons (Fsp3) is 0.667. The third-order valence-corrected chi connectivity index (χ3v) is 3.24. The van der Waals surface area contributed by atoms with E-state index in [2.05, 4.69) is 4.98 Å². The molecule has 1 aromatic heterocycles. The van der Waals surface area contributed by atoms with Gasteiger partial charge in [-0.25, -0.2) is 4.79 Å². The highest BCUT2D eigenvalue weighted by Gasteiger charge is 2.36. The van der Waals surface area contributed by atoms with Crippen LogP contribution in [0.3, 0.4) is 0 Å². The second-order valence-corrected chi connectivity index (χ2v) is 4.68. The Kier molecular flexibility index (Phi) is 3.31. The number of rotatable bonds is 3. The average Bonchev–Trinajstić information content (AvgIpc) is 2.72. The summed E-state index contributed by atoms with van der Waals surface area (Å²) in [6.45, 7) is 3.78. The summed E-state index contributed by atoms with van der Waals surface area (Å²) in [4.78, 5) is 15.8. The van der Waals surface area contributed by atoms with E-state index >= 15 is 0 Å². The molecule has 5 heteroatoms. The van der Waals surface area contributed by atoms with Gasteiger partial charge in [0, 0.05) is 11.9 Å². The first-order valence-electron chi connectivity index (χ1n) is 5.95. The van der Waals surface area contributed by atoms with Crippen molar-refractivity contribution >= 4 is 0 Å². The highest BCUT2D eigenvalue weighted by molar-refractivity contribution is 4.99. The smallest absolute Gasteiger partial charge is 0.349 e. The lowest BCUT2D eigenvalue weighted by molar-refractivity contribution is -0.0881. The van der Waals surface area contributed by atoms with Crippen LogP contribution in [0.5, 0.6) is 0 Å². The molecule has 2 rings (SSSR count). The zero-order valence-electron chi connectivity index (χ0n) is 10.2. The Morgan fingerprint density at radius 1 is 1.71 bits per heavy atom. The van der Waals surface area contributed by atoms with Crippen molar-refractivity contribution in [2.45, 2.75) is 44.9 Å². The number of nitrogens with zero attached hydrogens (tertiary/aromatic N) is 2. The molecule has 1 saturated heterocycles. The fourth-order valence-electron chi connectivity index (χ4n) is 2.05. The Morgan fingerprint density at radius 3 is 3.00 bits per heavy atom. The summed E-state index contributed by atoms with van der Waals surface area (Å²) in [6.07, 6.45) is 3.64. The monoisotopic (exact) mass is 238 g/mol. The maximum Gasteiger partial charge on any atom is 0.349 e. The van der Waals surface area contributed by atoms with Crippen LogP contribution in [-0.4, -0.2) is 26.9 Å². The molecule has 1 N–H and O–H groups in total. The van der Waals surface area contributed by atoms with Crippen LogP contribution in [0.4, 0.5) is 0 Å². The Balaban J connectivity index is 2.22. The minimum atomic E-state index is -0.534. The second-order valence-electron chi connectivity index (χ2n) is 4.68. The maximum absolute atomic E-state index is 11.8. The lowest BCUT2D eigenvalue weighted by Gasteiger charge is -2.22. The normalized spacial score (nSPS) is 28.5. The molecule has 0 saturated carbocycles. The zero-order valence-corrected chi connectivity index (χ0v) is 10.2. The quantitative estimate of drug-likeness (QED) is 0.848. The van der Waals surface area contributed by atoms with Crippen molar-refractivity contribution in [1.82, 2.24) is 9.55 Å². The Labute approximate surface area is 100 Å². The van der Waals surface area contributed by atoms with Crippen LogP contribution in [0.15, 0.2) is 17.1 Å². The number of hydrogen-bond acceptors (Lipinski definition) is 4. The van der Waals surface area contributed by atoms with Gasteiger partial charge in [-0.3, -0.25) is 4.57 Å². The summed E-state index contributed by atoms with van der Waals surface area (Å²) in [5.41, 5.74) is -0.0289. The van der Waals surface area contributed by atoms with Gasteiger partial charge >= 0.3 is 5.69 Å². The number of hydrogen-bond donors (Lipinski definition) is 1. The Hall–Kier alpha value is -1.20. The first kappa shape index (κ1) is 12.3. The van der Waals surface area contributed by atoms with Gasteiger partial charge in [-0.05, 0) is 32.3 Å². The topological polar surface area (TPSA) is 64.3 Å². The molecular weight excluding hydrogens is 220 g/mol. The van der Waals surface area contributed by atoms with Gasteiger partial charge in [0.1, 0.15) is 6.23 Å². The first-order chi connectivity index (χ1) is 8.08. The molecular formula is C12H18N2O3. The third kappa shape index (κ3) is 2.40. The molecule has 2 heterocycles. The molecule has 1 fully saturated rings. The van der Waals surface area contributed by atoms with Crippen molar-refractivity contribution in [3.8, 4) is 0 Å². The van der Waals surface area contributed by atoms with E-state index in [-0.39, 0.29) is 18.5 Å². The maximum atomic E-state index is 11.8. The van der Waals surface area contributed by atoms with Crippen molar-refractivity contribution in [2.75, 3.05) is 6.61 Å². The Morgan fingerprint density at radius 2 is 2.47 bits per heavy atom. The minimum absolute atomic E-state index is 0.0290. The van der Waals surface area contributed by atoms with Crippen LogP contribution in [-0.2, 0) is 11.2 Å². The van der Waals surface area contributed by atoms with Crippen molar-refractivity contribution in [1.29, 1.82) is 0 Å². The molecule has 0 radical (unpaired) electrons. The summed E-state index contributed by atoms with van der Waals surface area (Å²) in [6, 6.07) is 1.83. The van der Waals surface area contributed by atoms with E-state index in [1.54, 1.807) is 6.20 Å². The molecule has 2 unspecified atom stereocenters. The largest absolute Gasteiger partial charge is 0.393 e. The van der Waals surface area contributed by atoms with Gasteiger partial charge < -0.3 is 9.84 Å². The molecule has 94 valence electrons. The van der Waals surface area contributed by atoms with Crippen molar-refractivity contribution in [3.05, 3.63) is 28.4 Å². The summed E-state index contributed by atoms with van der Waals surface area (Å²) in [7, 11) is 0. The molecule has 2 atom stereocenters. The summed E-state index contributed by atoms with van der Waals surface area (Å²) in [5, 5.41) is 9.21. The van der Waals surface area contributed by atoms with Gasteiger partial charge in [-0.1, -0.05) is 6.92 Å². The van der Waals surface area contributed by atoms with Gasteiger partial charge in [0.2, 0.25) is 0 Å². The number of aliphatic hydroxyl groups is 1. The highest BCUT2D eigenvalue weighted by atomic mass is 16.5. The van der Waals surface area contributed by atoms with E-state index in [1.807, 2.05) is 19.9 Å². The molecule has 0 amide bonds. The molecule has 1 aliphatic rings. The van der Waals surface area contributed by atoms with Gasteiger partial charge in [0.05, 0.1) is 12.2 Å². The lowest BCUT2D eigenvalue weighted by Crippen LogP contribution is -2.32. The van der Waals surface area contributed by atoms with Gasteiger partial charge in [0.15, 0.2) is 0 Å². The van der Waals surface area contributed by atoms with E-state index in [0.29, 0.717) is 0 Å². The van der Waals surface area contributed by atoms with Crippen LogP contribution >= 0.6 is 0 Å². The second kappa shape index (κ2) is 4.58. The third-order valence-electron chi connectivity index (χ3n) is 3.24. The first-order valence-corrected chi connectivity index (χ1v) is 5.95. The van der Waals surface area contributed by atoms with Crippen molar-refractivity contribution < 1.29 is 9.84 Å². The predicted octanol–water partition coefficient (Wildman–Crippen LogP) is 0.866. The summed E-state index contributed by atoms with van der Waals surface area (Å²) < 4.78 is 7.21. The fourth-order valence-corrected chi connectivity index (χ4v) is 2.05. The molecule has 5 nitrogen and oxygen atoms in total. The van der Waals surface area contributed by atoms with E-state index in [9.17, 15) is 9.90 Å². The number of aryl methyl sites for hydroxylation is 1. The molecule has 0 aliphatic carbocycles. The lowest BCUT2D eigenvalue weighted by atomic mass is 10.0. The Bertz CT molecular complexity index is 457. The summed E-state index contributed by atoms with van der Waals surface area (Å²) >= 11 is 0. The van der Waals surface area contributed by atoms with Crippen LogP contribution in [0.25, 0.3) is 0 Å². The molecule has 1 aromatic rings. The SMILES string of the molecule is CCc1ccn(C2CCC(C)(CO)O2)c(=O)n1. The standard InChI is InChI=1S/C12H18N2O3/c1-3-9-5-7-14(11(16)13-9)10-4-6-12(2,8-15)17-10/h5,7,10,15H,3-4,6,8H2,1-2H3. The number of aliphatic hydroxyl groups excluding tert-OH is 1. The van der Waals surface area contributed by atoms with Crippen LogP contribution in [0.2, 0.25) is 0 Å². The van der Waals surface area contributed by atoms with Crippen LogP contribution in [0.1, 0.15) is 38.6 Å². The van der Waals surface area contributed by atoms with E-state index in [1.165, 1.54) is 4.57 Å². The van der Waals surface area contributed by atoms with Gasteiger partial charge in [0.25, 0.3) is 0 Å². The predicted molar refractivity (Wildman–Crippen MR) is 62.7 cm³/mol. The average molecular weight is 238 g/mol. The van der Waals surface area contributed by atoms with Gasteiger partial charge in [-0.15, -0.1) is 0 Å². The molecule has 17 heavy (non-hydrogen) atoms. The molecule has 0 aromatic carbocycles. The highest BCUT2D eigenvalue weighted by Crippen LogP contribution is 2.34. The van der Waals surface area contributed by atoms with Crippen LogP contribution < -0.4 is 5.69 Å². The zero-order chi connectivity index (χ0) is 12.5. The number of ether oxygens (including phenoxy) is 1. The van der Waals surface area contributed by atoms with E-state index in [0.717, 1.165) is 25.0 Å². The molecule has 0 bridgehead atoms. The van der Waals surface area contributed by atoms with E-state index in [4.69, 9.17) is 4.74 Å². The van der Waals surface area contributed by atoms with E-state index < -0.39 is 5.60 Å². The van der Waals surface area contributed by atoms with Crippen LogP contribution in [0, 0.1) is 0 Å². The van der Waals surface area contributed by atoms with Crippen molar-refractivity contribution in [2.24, 2.45) is 0 Å². The summed E-state index contributed by atoms with van der Waals surface area (Å²) in [5.74, 6) is 0. The van der Waals surface area contributed by atoms with Crippen molar-refractivity contribution in [3.63, 3.8) is 0 Å². The molecule has 0 spiro atoms.